The van der Waals surface area contributed by atoms with E-state index in [2.05, 4.69) is 12.2 Å². The van der Waals surface area contributed by atoms with E-state index in [0.717, 1.165) is 32.1 Å². The number of carbonyl (C=O) groups is 5. The fourth-order valence-electron chi connectivity index (χ4n) is 10.0. The lowest BCUT2D eigenvalue weighted by Crippen LogP contribution is -2.58. The van der Waals surface area contributed by atoms with Gasteiger partial charge in [0.15, 0.2) is 12.4 Å². The van der Waals surface area contributed by atoms with Gasteiger partial charge < -0.3 is 25.0 Å². The number of Topliss-reactive ketones (excluding diaryl/α,β-unsaturated/α-hetero) is 1. The molecule has 4 fully saturated rings. The van der Waals surface area contributed by atoms with Gasteiger partial charge in [0.1, 0.15) is 5.60 Å². The van der Waals surface area contributed by atoms with E-state index in [9.17, 15) is 34.2 Å². The van der Waals surface area contributed by atoms with Crippen molar-refractivity contribution in [2.75, 3.05) is 13.2 Å². The number of aliphatic hydroxyl groups is 1. The summed E-state index contributed by atoms with van der Waals surface area (Å²) in [7, 11) is 0. The van der Waals surface area contributed by atoms with Gasteiger partial charge in [0, 0.05) is 30.9 Å². The molecular weight excluding hydrogens is 578 g/mol. The molecule has 0 spiro atoms. The van der Waals surface area contributed by atoms with Crippen molar-refractivity contribution in [1.82, 2.24) is 5.32 Å². The van der Waals surface area contributed by atoms with Crippen LogP contribution < -0.4 is 5.32 Å². The zero-order valence-corrected chi connectivity index (χ0v) is 27.3. The second-order valence-electron chi connectivity index (χ2n) is 15.5. The van der Waals surface area contributed by atoms with Crippen LogP contribution in [-0.2, 0) is 33.4 Å². The molecule has 0 aromatic carbocycles. The molecular formula is C35H51NO9. The maximum absolute atomic E-state index is 13.5. The number of hydrogen-bond donors (Lipinski definition) is 3. The maximum atomic E-state index is 13.5. The summed E-state index contributed by atoms with van der Waals surface area (Å²) in [5.74, 6) is -1.51. The smallest absolute Gasteiger partial charge is 0.306 e. The van der Waals surface area contributed by atoms with E-state index in [1.807, 2.05) is 26.8 Å². The summed E-state index contributed by atoms with van der Waals surface area (Å²) < 4.78 is 11.0. The molecule has 0 aromatic heterocycles. The van der Waals surface area contributed by atoms with Gasteiger partial charge in [-0.05, 0) is 107 Å². The van der Waals surface area contributed by atoms with E-state index in [-0.39, 0.29) is 42.3 Å². The van der Waals surface area contributed by atoms with E-state index in [1.165, 1.54) is 5.57 Å². The molecule has 0 unspecified atom stereocenters. The Morgan fingerprint density at radius 1 is 1.00 bits per heavy atom. The molecule has 3 saturated carbocycles. The molecule has 10 heteroatoms. The highest BCUT2D eigenvalue weighted by Crippen LogP contribution is 2.67. The molecule has 250 valence electrons. The van der Waals surface area contributed by atoms with Crippen LogP contribution in [0.25, 0.3) is 0 Å². The number of ketones is 2. The second-order valence-corrected chi connectivity index (χ2v) is 15.5. The molecule has 5 aliphatic rings. The third-order valence-corrected chi connectivity index (χ3v) is 12.5. The summed E-state index contributed by atoms with van der Waals surface area (Å²) in [5.41, 5.74) is -1.33. The molecule has 1 saturated heterocycles. The van der Waals surface area contributed by atoms with Gasteiger partial charge in [0.05, 0.1) is 18.4 Å². The van der Waals surface area contributed by atoms with Crippen LogP contribution in [0.3, 0.4) is 0 Å². The number of aliphatic carboxylic acids is 1. The van der Waals surface area contributed by atoms with Gasteiger partial charge in [-0.15, -0.1) is 0 Å². The molecule has 45 heavy (non-hydrogen) atoms. The summed E-state index contributed by atoms with van der Waals surface area (Å²) in [5, 5.41) is 24.1. The van der Waals surface area contributed by atoms with Crippen molar-refractivity contribution >= 4 is 29.4 Å². The number of rotatable bonds is 10. The first-order valence-corrected chi connectivity index (χ1v) is 16.9. The predicted molar refractivity (Wildman–Crippen MR) is 164 cm³/mol. The van der Waals surface area contributed by atoms with Crippen molar-refractivity contribution in [1.29, 1.82) is 0 Å². The second kappa shape index (κ2) is 12.5. The summed E-state index contributed by atoms with van der Waals surface area (Å²) >= 11 is 0. The fraction of sp³-hybridized carbons (Fsp3) is 0.800. The Labute approximate surface area is 266 Å². The molecule has 10 nitrogen and oxygen atoms in total. The molecule has 5 rings (SSSR count). The van der Waals surface area contributed by atoms with Crippen LogP contribution in [0.1, 0.15) is 111 Å². The first kappa shape index (κ1) is 33.8. The van der Waals surface area contributed by atoms with Crippen molar-refractivity contribution in [2.45, 2.75) is 128 Å². The Hall–Kier alpha value is -2.59. The Morgan fingerprint density at radius 3 is 2.44 bits per heavy atom. The van der Waals surface area contributed by atoms with E-state index in [0.29, 0.717) is 50.5 Å². The highest BCUT2D eigenvalue weighted by molar-refractivity contribution is 5.92. The molecule has 1 aliphatic heterocycles. The molecule has 0 bridgehead atoms. The Kier molecular flexibility index (Phi) is 9.41. The van der Waals surface area contributed by atoms with E-state index in [4.69, 9.17) is 9.47 Å². The van der Waals surface area contributed by atoms with Gasteiger partial charge in [-0.1, -0.05) is 19.4 Å². The number of carboxylic acid groups (broad SMARTS) is 1. The summed E-state index contributed by atoms with van der Waals surface area (Å²) in [6.45, 7) is 8.14. The molecule has 3 N–H and O–H groups in total. The normalized spacial score (nSPS) is 37.7. The third-order valence-electron chi connectivity index (χ3n) is 12.5. The number of carbonyl (C=O) groups excluding carboxylic acids is 4. The van der Waals surface area contributed by atoms with E-state index in [1.54, 1.807) is 0 Å². The first-order valence-electron chi connectivity index (χ1n) is 16.9. The van der Waals surface area contributed by atoms with E-state index < -0.39 is 52.9 Å². The monoisotopic (exact) mass is 629 g/mol. The average Bonchev–Trinajstić information content (AvgIpc) is 3.25. The van der Waals surface area contributed by atoms with Gasteiger partial charge in [0.25, 0.3) is 0 Å². The quantitative estimate of drug-likeness (QED) is 0.300. The minimum Gasteiger partial charge on any atom is -0.481 e. The lowest BCUT2D eigenvalue weighted by atomic mass is 9.46. The lowest BCUT2D eigenvalue weighted by molar-refractivity contribution is -0.170. The van der Waals surface area contributed by atoms with Crippen LogP contribution in [0.15, 0.2) is 11.6 Å². The lowest BCUT2D eigenvalue weighted by Gasteiger charge is -2.58. The molecule has 4 aliphatic carbocycles. The molecule has 8 atom stereocenters. The molecule has 0 radical (unpaired) electrons. The number of nitrogens with one attached hydrogen (secondary N) is 1. The van der Waals surface area contributed by atoms with Gasteiger partial charge in [-0.2, -0.15) is 0 Å². The number of ether oxygens (including phenoxy) is 2. The zero-order chi connectivity index (χ0) is 32.8. The third kappa shape index (κ3) is 6.51. The van der Waals surface area contributed by atoms with Gasteiger partial charge in [0.2, 0.25) is 11.7 Å². The van der Waals surface area contributed by atoms with Crippen molar-refractivity contribution in [3.8, 4) is 0 Å². The summed E-state index contributed by atoms with van der Waals surface area (Å²) in [6, 6.07) is -0.578. The number of fused-ring (bicyclic) bond motifs is 5. The van der Waals surface area contributed by atoms with Gasteiger partial charge in [-0.3, -0.25) is 24.0 Å². The highest BCUT2D eigenvalue weighted by atomic mass is 16.5. The van der Waals surface area contributed by atoms with Gasteiger partial charge >= 0.3 is 11.9 Å². The van der Waals surface area contributed by atoms with Crippen molar-refractivity contribution in [3.05, 3.63) is 11.6 Å². The van der Waals surface area contributed by atoms with Crippen LogP contribution in [0.2, 0.25) is 0 Å². The van der Waals surface area contributed by atoms with Crippen molar-refractivity contribution in [3.63, 3.8) is 0 Å². The largest absolute Gasteiger partial charge is 0.481 e. The average molecular weight is 630 g/mol. The Morgan fingerprint density at radius 2 is 1.73 bits per heavy atom. The SMILES string of the molecule is CC1(C)C[C@H]([C@H](CC(=O)O)NC(=O)CCC(=O)OCC(=O)[C@@]2(O)CC[C@@H]3[C@H]4CCC5=CC(=O)CC[C@]5(C)[C@H]4CC[C@@]32C)CCO1. The summed E-state index contributed by atoms with van der Waals surface area (Å²) in [6.07, 6.45) is 8.41. The van der Waals surface area contributed by atoms with E-state index >= 15 is 0 Å². The number of hydrogen-bond acceptors (Lipinski definition) is 8. The van der Waals surface area contributed by atoms with Crippen molar-refractivity contribution in [2.24, 2.45) is 34.5 Å². The fourth-order valence-corrected chi connectivity index (χ4v) is 10.0. The number of carboxylic acids is 1. The Bertz CT molecular complexity index is 1260. The van der Waals surface area contributed by atoms with Crippen LogP contribution in [0.4, 0.5) is 0 Å². The van der Waals surface area contributed by atoms with Crippen molar-refractivity contribution < 1.29 is 43.7 Å². The number of allylic oxidation sites excluding steroid dienone is 1. The maximum Gasteiger partial charge on any atom is 0.306 e. The highest BCUT2D eigenvalue weighted by Gasteiger charge is 2.66. The predicted octanol–water partition coefficient (Wildman–Crippen LogP) is 4.31. The molecule has 1 amide bonds. The minimum absolute atomic E-state index is 0.000254. The molecule has 0 aromatic rings. The first-order chi connectivity index (χ1) is 21.1. The standard InChI is InChI=1S/C35H51NO9/c1-32(2)19-21(12-16-45-32)27(18-30(40)41)36-29(39)7-8-31(42)44-20-28(38)35(43)15-11-26-24-6-5-22-17-23(37)9-13-33(22,3)25(24)10-14-34(26,35)4/h17,21,24-27,43H,5-16,18-20H2,1-4H3,(H,36,39)(H,40,41)/t21-,24+,25+,26-,27+,33+,34+,35+/m1/s1. The van der Waals surface area contributed by atoms with Crippen LogP contribution in [-0.4, -0.2) is 70.1 Å². The van der Waals surface area contributed by atoms with Gasteiger partial charge in [-0.25, -0.2) is 0 Å². The summed E-state index contributed by atoms with van der Waals surface area (Å²) in [4.78, 5) is 62.4. The Balaban J connectivity index is 1.13. The molecule has 1 heterocycles. The number of esters is 1. The minimum atomic E-state index is -1.58. The number of amides is 1. The van der Waals surface area contributed by atoms with Crippen LogP contribution in [0.5, 0.6) is 0 Å². The topological polar surface area (TPSA) is 156 Å². The van der Waals surface area contributed by atoms with Crippen LogP contribution in [0, 0.1) is 34.5 Å². The van der Waals surface area contributed by atoms with Crippen LogP contribution >= 0.6 is 0 Å². The zero-order valence-electron chi connectivity index (χ0n) is 27.3.